The molecule has 0 spiro atoms. The second-order valence-corrected chi connectivity index (χ2v) is 10.9. The van der Waals surface area contributed by atoms with Crippen LogP contribution in [0.3, 0.4) is 0 Å². The largest absolute Gasteiger partial charge is 0.381 e. The predicted octanol–water partition coefficient (Wildman–Crippen LogP) is 2.93. The van der Waals surface area contributed by atoms with Gasteiger partial charge in [0.25, 0.3) is 0 Å². The number of hydrogen-bond acceptors (Lipinski definition) is 7. The molecule has 32 heavy (non-hydrogen) atoms. The minimum atomic E-state index is -3.37. The van der Waals surface area contributed by atoms with Gasteiger partial charge in [-0.3, -0.25) is 9.48 Å². The second kappa shape index (κ2) is 8.71. The molecule has 1 saturated heterocycles. The van der Waals surface area contributed by atoms with E-state index in [9.17, 15) is 13.2 Å². The van der Waals surface area contributed by atoms with Gasteiger partial charge in [-0.2, -0.15) is 5.10 Å². The number of carbonyl (C=O) groups is 1. The highest BCUT2D eigenvalue weighted by atomic mass is 32.2. The zero-order chi connectivity index (χ0) is 22.1. The minimum absolute atomic E-state index is 0.00986. The molecule has 0 radical (unpaired) electrons. The highest BCUT2D eigenvalue weighted by Gasteiger charge is 2.38. The third-order valence-electron chi connectivity index (χ3n) is 6.43. The van der Waals surface area contributed by atoms with E-state index in [0.29, 0.717) is 59.9 Å². The Kier molecular flexibility index (Phi) is 5.77. The van der Waals surface area contributed by atoms with E-state index in [0.717, 1.165) is 12.8 Å². The fourth-order valence-corrected chi connectivity index (χ4v) is 6.33. The van der Waals surface area contributed by atoms with E-state index in [1.807, 2.05) is 6.07 Å². The Balaban J connectivity index is 1.52. The van der Waals surface area contributed by atoms with Gasteiger partial charge in [-0.25, -0.2) is 18.4 Å². The molecule has 0 N–H and O–H groups in total. The van der Waals surface area contributed by atoms with Crippen LogP contribution < -0.4 is 0 Å². The lowest BCUT2D eigenvalue weighted by molar-refractivity contribution is -0.122. The summed E-state index contributed by atoms with van der Waals surface area (Å²) in [6, 6.07) is 6.49. The first-order chi connectivity index (χ1) is 15.5. The van der Waals surface area contributed by atoms with Crippen molar-refractivity contribution in [3.63, 3.8) is 0 Å². The maximum absolute atomic E-state index is 13.5. The normalized spacial score (nSPS) is 18.6. The van der Waals surface area contributed by atoms with Gasteiger partial charge in [0.2, 0.25) is 0 Å². The van der Waals surface area contributed by atoms with Crippen molar-refractivity contribution in [2.75, 3.05) is 13.2 Å². The molecular formula is C23H26N4O4S. The number of ketones is 1. The Morgan fingerprint density at radius 1 is 1.16 bits per heavy atom. The number of carbonyl (C=O) groups excluding carboxylic acids is 1. The number of fused-ring (bicyclic) bond motifs is 1. The average Bonchev–Trinajstić information content (AvgIpc) is 3.59. The number of benzene rings is 1. The number of ether oxygens (including phenoxy) is 1. The molecule has 3 heterocycles. The molecule has 2 aliphatic rings. The van der Waals surface area contributed by atoms with Crippen molar-refractivity contribution in [2.24, 2.45) is 5.92 Å². The van der Waals surface area contributed by atoms with Gasteiger partial charge in [0.1, 0.15) is 12.4 Å². The van der Waals surface area contributed by atoms with Gasteiger partial charge in [-0.15, -0.1) is 0 Å². The lowest BCUT2D eigenvalue weighted by atomic mass is 9.90. The van der Waals surface area contributed by atoms with E-state index in [-0.39, 0.29) is 17.5 Å². The topological polar surface area (TPSA) is 104 Å². The standard InChI is InChI=1S/C23H26N4O4S/c28-22(13-17-6-9-24-15-25-17)21(12-16-7-10-31-11-8-16)27-20-2-1-3-23(19(20)14-26-27)32(29,30)18-4-5-18/h1-3,6,9,14-16,18,21H,4-5,7-8,10-13H2. The molecule has 1 aliphatic heterocycles. The highest BCUT2D eigenvalue weighted by molar-refractivity contribution is 7.92. The summed E-state index contributed by atoms with van der Waals surface area (Å²) in [4.78, 5) is 21.9. The molecule has 1 aromatic carbocycles. The first kappa shape index (κ1) is 21.2. The molecule has 3 aromatic rings. The molecule has 1 saturated carbocycles. The van der Waals surface area contributed by atoms with Crippen LogP contribution >= 0.6 is 0 Å². The molecule has 2 fully saturated rings. The predicted molar refractivity (Wildman–Crippen MR) is 118 cm³/mol. The molecule has 0 amide bonds. The summed E-state index contributed by atoms with van der Waals surface area (Å²) < 4.78 is 33.1. The van der Waals surface area contributed by atoms with Crippen LogP contribution in [-0.4, -0.2) is 52.4 Å². The number of rotatable bonds is 8. The summed E-state index contributed by atoms with van der Waals surface area (Å²) in [7, 11) is -3.37. The van der Waals surface area contributed by atoms with E-state index in [2.05, 4.69) is 15.1 Å². The Morgan fingerprint density at radius 2 is 1.97 bits per heavy atom. The Morgan fingerprint density at radius 3 is 2.69 bits per heavy atom. The van der Waals surface area contributed by atoms with Crippen molar-refractivity contribution < 1.29 is 17.9 Å². The molecule has 5 rings (SSSR count). The lowest BCUT2D eigenvalue weighted by Gasteiger charge is -2.26. The van der Waals surface area contributed by atoms with Crippen LogP contribution in [0, 0.1) is 5.92 Å². The number of hydrogen-bond donors (Lipinski definition) is 0. The summed E-state index contributed by atoms with van der Waals surface area (Å²) in [6.07, 6.45) is 8.69. The summed E-state index contributed by atoms with van der Waals surface area (Å²) in [6.45, 7) is 1.39. The fourth-order valence-electron chi connectivity index (χ4n) is 4.48. The Labute approximate surface area is 186 Å². The molecule has 9 heteroatoms. The van der Waals surface area contributed by atoms with Crippen molar-refractivity contribution in [1.82, 2.24) is 19.7 Å². The van der Waals surface area contributed by atoms with Crippen LogP contribution in [0.1, 0.15) is 43.8 Å². The van der Waals surface area contributed by atoms with Crippen molar-refractivity contribution in [1.29, 1.82) is 0 Å². The summed E-state index contributed by atoms with van der Waals surface area (Å²) >= 11 is 0. The smallest absolute Gasteiger partial charge is 0.181 e. The Bertz CT molecular complexity index is 1220. The van der Waals surface area contributed by atoms with Crippen molar-refractivity contribution >= 4 is 26.5 Å². The van der Waals surface area contributed by atoms with Crippen LogP contribution in [0.15, 0.2) is 47.9 Å². The van der Waals surface area contributed by atoms with E-state index in [4.69, 9.17) is 4.74 Å². The van der Waals surface area contributed by atoms with Crippen LogP contribution in [0.25, 0.3) is 10.9 Å². The summed E-state index contributed by atoms with van der Waals surface area (Å²) in [5.41, 5.74) is 1.34. The molecule has 8 nitrogen and oxygen atoms in total. The highest BCUT2D eigenvalue weighted by Crippen LogP contribution is 2.37. The molecule has 168 valence electrons. The fraction of sp³-hybridized carbons (Fsp3) is 0.478. The zero-order valence-corrected chi connectivity index (χ0v) is 18.6. The number of aromatic nitrogens is 4. The van der Waals surface area contributed by atoms with E-state index >= 15 is 0 Å². The van der Waals surface area contributed by atoms with Crippen molar-refractivity contribution in [3.05, 3.63) is 48.7 Å². The van der Waals surface area contributed by atoms with Crippen LogP contribution in [0.4, 0.5) is 0 Å². The van der Waals surface area contributed by atoms with Gasteiger partial charge in [0.15, 0.2) is 15.6 Å². The number of sulfone groups is 1. The number of Topliss-reactive ketones (excluding diaryl/α,β-unsaturated/α-hetero) is 1. The van der Waals surface area contributed by atoms with E-state index < -0.39 is 15.9 Å². The van der Waals surface area contributed by atoms with Gasteiger partial charge in [0, 0.05) is 24.8 Å². The maximum Gasteiger partial charge on any atom is 0.181 e. The van der Waals surface area contributed by atoms with Crippen LogP contribution in [-0.2, 0) is 25.8 Å². The monoisotopic (exact) mass is 454 g/mol. The maximum atomic E-state index is 13.5. The Hall–Kier alpha value is -2.65. The van der Waals surface area contributed by atoms with Crippen molar-refractivity contribution in [3.8, 4) is 0 Å². The molecule has 2 aromatic heterocycles. The first-order valence-corrected chi connectivity index (χ1v) is 12.6. The molecule has 1 atom stereocenters. The molecule has 1 aliphatic carbocycles. The molecule has 0 bridgehead atoms. The zero-order valence-electron chi connectivity index (χ0n) is 17.8. The van der Waals surface area contributed by atoms with Gasteiger partial charge < -0.3 is 4.74 Å². The van der Waals surface area contributed by atoms with Gasteiger partial charge in [0.05, 0.1) is 34.0 Å². The third-order valence-corrected chi connectivity index (χ3v) is 8.75. The van der Waals surface area contributed by atoms with Crippen LogP contribution in [0.2, 0.25) is 0 Å². The van der Waals surface area contributed by atoms with Gasteiger partial charge >= 0.3 is 0 Å². The molecule has 1 unspecified atom stereocenters. The van der Waals surface area contributed by atoms with Crippen LogP contribution in [0.5, 0.6) is 0 Å². The average molecular weight is 455 g/mol. The second-order valence-electron chi connectivity index (χ2n) is 8.67. The summed E-state index contributed by atoms with van der Waals surface area (Å²) in [5.74, 6) is 0.358. The SMILES string of the molecule is O=C(Cc1ccncn1)C(CC1CCOCC1)n1ncc2c(S(=O)(=O)C3CC3)cccc21. The molecular weight excluding hydrogens is 428 g/mol. The van der Waals surface area contributed by atoms with Gasteiger partial charge in [-0.1, -0.05) is 6.07 Å². The van der Waals surface area contributed by atoms with Gasteiger partial charge in [-0.05, 0) is 56.2 Å². The van der Waals surface area contributed by atoms with E-state index in [1.54, 1.807) is 35.3 Å². The first-order valence-electron chi connectivity index (χ1n) is 11.1. The number of nitrogens with zero attached hydrogens (tertiary/aromatic N) is 4. The van der Waals surface area contributed by atoms with Crippen molar-refractivity contribution in [2.45, 2.75) is 54.7 Å². The lowest BCUT2D eigenvalue weighted by Crippen LogP contribution is -2.27. The summed E-state index contributed by atoms with van der Waals surface area (Å²) in [5, 5.41) is 4.84. The van der Waals surface area contributed by atoms with E-state index in [1.165, 1.54) is 6.33 Å². The third kappa shape index (κ3) is 4.19. The quantitative estimate of drug-likeness (QED) is 0.515. The minimum Gasteiger partial charge on any atom is -0.381 e.